The number of aryl methyl sites for hydroxylation is 1. The predicted molar refractivity (Wildman–Crippen MR) is 66.6 cm³/mol. The second-order valence-electron chi connectivity index (χ2n) is 5.11. The van der Waals surface area contributed by atoms with Gasteiger partial charge in [-0.3, -0.25) is 0 Å². The molecule has 0 aliphatic heterocycles. The van der Waals surface area contributed by atoms with Crippen molar-refractivity contribution in [1.82, 2.24) is 0 Å². The normalized spacial score (nSPS) is 24.1. The molecule has 1 saturated carbocycles. The van der Waals surface area contributed by atoms with Crippen LogP contribution in [0, 0.1) is 12.8 Å². The Hall–Kier alpha value is -1.29. The van der Waals surface area contributed by atoms with E-state index in [-0.39, 0.29) is 5.76 Å². The molecule has 1 fully saturated rings. The molecular formula is C14H20O4. The Labute approximate surface area is 107 Å². The fraction of sp³-hybridized carbons (Fsp3) is 0.643. The Kier molecular flexibility index (Phi) is 4.07. The van der Waals surface area contributed by atoms with Crippen molar-refractivity contribution < 1.29 is 19.1 Å². The highest BCUT2D eigenvalue weighted by Crippen LogP contribution is 2.27. The fourth-order valence-corrected chi connectivity index (χ4v) is 2.50. The lowest BCUT2D eigenvalue weighted by Crippen LogP contribution is -2.25. The third-order valence-electron chi connectivity index (χ3n) is 3.72. The van der Waals surface area contributed by atoms with Crippen LogP contribution in [0.5, 0.6) is 0 Å². The topological polar surface area (TPSA) is 59.7 Å². The maximum Gasteiger partial charge on any atom is 0.371 e. The molecule has 100 valence electrons. The largest absolute Gasteiger partial charge is 0.475 e. The zero-order valence-electron chi connectivity index (χ0n) is 10.9. The zero-order chi connectivity index (χ0) is 13.1. The average molecular weight is 252 g/mol. The first-order valence-electron chi connectivity index (χ1n) is 6.52. The van der Waals surface area contributed by atoms with Crippen LogP contribution in [0.1, 0.15) is 54.5 Å². The van der Waals surface area contributed by atoms with Gasteiger partial charge < -0.3 is 14.3 Å². The summed E-state index contributed by atoms with van der Waals surface area (Å²) in [6, 6.07) is 1.56. The minimum absolute atomic E-state index is 0.0113. The maximum atomic E-state index is 10.8. The first kappa shape index (κ1) is 13.1. The van der Waals surface area contributed by atoms with Gasteiger partial charge in [-0.2, -0.15) is 0 Å². The lowest BCUT2D eigenvalue weighted by atomic mass is 9.88. The van der Waals surface area contributed by atoms with E-state index in [2.05, 4.69) is 6.92 Å². The summed E-state index contributed by atoms with van der Waals surface area (Å²) in [7, 11) is 0. The molecule has 4 heteroatoms. The van der Waals surface area contributed by atoms with Crippen molar-refractivity contribution in [3.63, 3.8) is 0 Å². The van der Waals surface area contributed by atoms with Crippen molar-refractivity contribution in [2.24, 2.45) is 5.92 Å². The van der Waals surface area contributed by atoms with Crippen LogP contribution in [0.15, 0.2) is 10.5 Å². The molecule has 1 aromatic heterocycles. The molecule has 0 radical (unpaired) electrons. The summed E-state index contributed by atoms with van der Waals surface area (Å²) >= 11 is 0. The van der Waals surface area contributed by atoms with Gasteiger partial charge in [0, 0.05) is 5.56 Å². The average Bonchev–Trinajstić information content (AvgIpc) is 2.70. The van der Waals surface area contributed by atoms with Crippen LogP contribution in [-0.4, -0.2) is 17.2 Å². The molecule has 1 heterocycles. The quantitative estimate of drug-likeness (QED) is 0.892. The summed E-state index contributed by atoms with van der Waals surface area (Å²) in [6.45, 7) is 4.43. The van der Waals surface area contributed by atoms with Crippen molar-refractivity contribution in [3.8, 4) is 0 Å². The number of hydrogen-bond acceptors (Lipinski definition) is 3. The van der Waals surface area contributed by atoms with Gasteiger partial charge in [-0.1, -0.05) is 19.8 Å². The molecule has 1 aromatic rings. The van der Waals surface area contributed by atoms with Crippen LogP contribution in [-0.2, 0) is 11.3 Å². The number of rotatable bonds is 4. The van der Waals surface area contributed by atoms with E-state index in [9.17, 15) is 4.79 Å². The van der Waals surface area contributed by atoms with Crippen molar-refractivity contribution in [3.05, 3.63) is 23.2 Å². The summed E-state index contributed by atoms with van der Waals surface area (Å²) in [5.74, 6) is 0.180. The van der Waals surface area contributed by atoms with Gasteiger partial charge in [0.1, 0.15) is 5.76 Å². The van der Waals surface area contributed by atoms with Crippen LogP contribution < -0.4 is 0 Å². The van der Waals surface area contributed by atoms with E-state index in [0.29, 0.717) is 24.4 Å². The van der Waals surface area contributed by atoms with Crippen LogP contribution in [0.2, 0.25) is 0 Å². The van der Waals surface area contributed by atoms with Crippen molar-refractivity contribution in [2.75, 3.05) is 0 Å². The van der Waals surface area contributed by atoms with Gasteiger partial charge in [-0.25, -0.2) is 4.79 Å². The summed E-state index contributed by atoms with van der Waals surface area (Å²) in [6.07, 6.45) is 5.12. The molecule has 1 aliphatic carbocycles. The van der Waals surface area contributed by atoms with Crippen LogP contribution in [0.3, 0.4) is 0 Å². The standard InChI is InChI=1S/C14H20O4/c1-9-5-3-4-6-12(9)17-8-11-7-13(14(15)16)18-10(11)2/h7,9,12H,3-6,8H2,1-2H3,(H,15,16). The van der Waals surface area contributed by atoms with E-state index >= 15 is 0 Å². The number of carboxylic acids is 1. The van der Waals surface area contributed by atoms with Gasteiger partial charge >= 0.3 is 5.97 Å². The highest BCUT2D eigenvalue weighted by atomic mass is 16.5. The first-order valence-corrected chi connectivity index (χ1v) is 6.52. The van der Waals surface area contributed by atoms with Gasteiger partial charge in [0.05, 0.1) is 12.7 Å². The highest BCUT2D eigenvalue weighted by molar-refractivity contribution is 5.84. The molecule has 2 rings (SSSR count). The minimum atomic E-state index is -1.03. The molecule has 0 amide bonds. The molecular weight excluding hydrogens is 232 g/mol. The summed E-state index contributed by atoms with van der Waals surface area (Å²) in [5.41, 5.74) is 0.838. The van der Waals surface area contributed by atoms with Crippen LogP contribution in [0.25, 0.3) is 0 Å². The zero-order valence-corrected chi connectivity index (χ0v) is 10.9. The second kappa shape index (κ2) is 5.57. The van der Waals surface area contributed by atoms with E-state index in [1.165, 1.54) is 19.3 Å². The van der Waals surface area contributed by atoms with Crippen LogP contribution in [0.4, 0.5) is 0 Å². The third-order valence-corrected chi connectivity index (χ3v) is 3.72. The van der Waals surface area contributed by atoms with Gasteiger partial charge in [-0.05, 0) is 31.7 Å². The fourth-order valence-electron chi connectivity index (χ4n) is 2.50. The molecule has 18 heavy (non-hydrogen) atoms. The molecule has 2 atom stereocenters. The SMILES string of the molecule is Cc1oc(C(=O)O)cc1COC1CCCCC1C. The van der Waals surface area contributed by atoms with Gasteiger partial charge in [0.25, 0.3) is 0 Å². The van der Waals surface area contributed by atoms with Crippen molar-refractivity contribution in [2.45, 2.75) is 52.2 Å². The lowest BCUT2D eigenvalue weighted by molar-refractivity contribution is -0.0158. The minimum Gasteiger partial charge on any atom is -0.475 e. The highest BCUT2D eigenvalue weighted by Gasteiger charge is 2.22. The molecule has 1 aliphatic rings. The van der Waals surface area contributed by atoms with Crippen LogP contribution >= 0.6 is 0 Å². The second-order valence-corrected chi connectivity index (χ2v) is 5.11. The van der Waals surface area contributed by atoms with Crippen molar-refractivity contribution >= 4 is 5.97 Å². The molecule has 0 saturated heterocycles. The Bertz CT molecular complexity index is 421. The lowest BCUT2D eigenvalue weighted by Gasteiger charge is -2.28. The van der Waals surface area contributed by atoms with E-state index in [0.717, 1.165) is 12.0 Å². The monoisotopic (exact) mass is 252 g/mol. The molecule has 2 unspecified atom stereocenters. The van der Waals surface area contributed by atoms with E-state index in [4.69, 9.17) is 14.3 Å². The third kappa shape index (κ3) is 2.93. The van der Waals surface area contributed by atoms with Gasteiger partial charge in [0.15, 0.2) is 0 Å². The first-order chi connectivity index (χ1) is 8.58. The number of carboxylic acid groups (broad SMARTS) is 1. The Balaban J connectivity index is 1.95. The number of carbonyl (C=O) groups is 1. The predicted octanol–water partition coefficient (Wildman–Crippen LogP) is 3.38. The molecule has 0 bridgehead atoms. The Morgan fingerprint density at radius 2 is 2.22 bits per heavy atom. The number of ether oxygens (including phenoxy) is 1. The Morgan fingerprint density at radius 3 is 2.83 bits per heavy atom. The van der Waals surface area contributed by atoms with Gasteiger partial charge in [0.2, 0.25) is 5.76 Å². The van der Waals surface area contributed by atoms with E-state index in [1.54, 1.807) is 13.0 Å². The molecule has 4 nitrogen and oxygen atoms in total. The summed E-state index contributed by atoms with van der Waals surface area (Å²) in [5, 5.41) is 8.85. The van der Waals surface area contributed by atoms with E-state index in [1.807, 2.05) is 0 Å². The number of furan rings is 1. The van der Waals surface area contributed by atoms with E-state index < -0.39 is 5.97 Å². The molecule has 1 N–H and O–H groups in total. The molecule has 0 aromatic carbocycles. The smallest absolute Gasteiger partial charge is 0.371 e. The number of hydrogen-bond donors (Lipinski definition) is 1. The Morgan fingerprint density at radius 1 is 1.50 bits per heavy atom. The summed E-state index contributed by atoms with van der Waals surface area (Å²) in [4.78, 5) is 10.8. The molecule has 0 spiro atoms. The maximum absolute atomic E-state index is 10.8. The van der Waals surface area contributed by atoms with Crippen molar-refractivity contribution in [1.29, 1.82) is 0 Å². The number of aromatic carboxylic acids is 1. The summed E-state index contributed by atoms with van der Waals surface area (Å²) < 4.78 is 11.1. The van der Waals surface area contributed by atoms with Gasteiger partial charge in [-0.15, -0.1) is 0 Å².